The number of nitrogens with zero attached hydrogens (tertiary/aromatic N) is 2. The van der Waals surface area contributed by atoms with E-state index in [0.29, 0.717) is 6.07 Å². The molecule has 3 aromatic carbocycles. The molecule has 0 unspecified atom stereocenters. The van der Waals surface area contributed by atoms with Gasteiger partial charge in [-0.15, -0.1) is 0 Å². The van der Waals surface area contributed by atoms with Gasteiger partial charge in [0.05, 0.1) is 26.1 Å². The van der Waals surface area contributed by atoms with E-state index in [9.17, 15) is 39.5 Å². The Balaban J connectivity index is 0.00000272. The van der Waals surface area contributed by atoms with E-state index in [1.807, 2.05) is 0 Å². The van der Waals surface area contributed by atoms with Gasteiger partial charge in [0.15, 0.2) is 0 Å². The van der Waals surface area contributed by atoms with Crippen LogP contribution >= 0.6 is 0 Å². The van der Waals surface area contributed by atoms with Gasteiger partial charge < -0.3 is 9.66 Å². The number of fused-ring (bicyclic) bond motifs is 1. The summed E-state index contributed by atoms with van der Waals surface area (Å²) < 4.78 is 88.8. The summed E-state index contributed by atoms with van der Waals surface area (Å²) in [7, 11) is -13.9. The first-order valence-electron chi connectivity index (χ1n) is 7.94. The Labute approximate surface area is 233 Å². The van der Waals surface area contributed by atoms with Gasteiger partial charge in [-0.1, -0.05) is 11.8 Å². The summed E-state index contributed by atoms with van der Waals surface area (Å²) in [4.78, 5) is -2.00. The number of hydrogen-bond donors (Lipinski definition) is 2. The van der Waals surface area contributed by atoms with E-state index < -0.39 is 51.5 Å². The minimum absolute atomic E-state index is 0. The zero-order valence-electron chi connectivity index (χ0n) is 17.0. The number of primary sulfonamides is 1. The maximum absolute atomic E-state index is 12.5. The Morgan fingerprint density at radius 3 is 1.85 bits per heavy atom. The van der Waals surface area contributed by atoms with Crippen molar-refractivity contribution in [3.63, 3.8) is 0 Å². The molecular weight excluding hydrogens is 520 g/mol. The molecule has 0 heterocycles. The third-order valence-electron chi connectivity index (χ3n) is 4.00. The van der Waals surface area contributed by atoms with Crippen molar-refractivity contribution in [1.82, 2.24) is 0 Å². The summed E-state index contributed by atoms with van der Waals surface area (Å²) in [5.74, 6) is -1.22. The first-order chi connectivity index (χ1) is 14.2. The number of nitrogens with two attached hydrogens (primary N) is 1. The zero-order valence-corrected chi connectivity index (χ0v) is 23.5. The Hall–Kier alpha value is -0.950. The van der Waals surface area contributed by atoms with Crippen molar-refractivity contribution >= 4 is 52.4 Å². The second-order valence-corrected chi connectivity index (χ2v) is 10.4. The molecule has 12 nitrogen and oxygen atoms in total. The molecular formula is C16H11N3Na2O9S3. The van der Waals surface area contributed by atoms with Crippen molar-refractivity contribution in [3.8, 4) is 5.75 Å². The van der Waals surface area contributed by atoms with Crippen LogP contribution in [0, 0.1) is 0 Å². The van der Waals surface area contributed by atoms with Crippen LogP contribution in [0.2, 0.25) is 0 Å². The van der Waals surface area contributed by atoms with Gasteiger partial charge in [0, 0.05) is 5.39 Å². The molecule has 0 saturated carbocycles. The zero-order chi connectivity index (χ0) is 23.2. The molecule has 0 fully saturated rings. The van der Waals surface area contributed by atoms with E-state index in [0.717, 1.165) is 30.3 Å². The van der Waals surface area contributed by atoms with Crippen LogP contribution in [0.15, 0.2) is 73.4 Å². The molecule has 3 N–H and O–H groups in total. The molecule has 0 amide bonds. The number of hydrogen-bond acceptors (Lipinski definition) is 10. The molecule has 0 bridgehead atoms. The summed E-state index contributed by atoms with van der Waals surface area (Å²) in [6.45, 7) is 0. The fraction of sp³-hybridized carbons (Fsp3) is 0. The Morgan fingerprint density at radius 2 is 1.36 bits per heavy atom. The van der Waals surface area contributed by atoms with E-state index in [1.165, 1.54) is 12.1 Å². The van der Waals surface area contributed by atoms with E-state index >= 15 is 0 Å². The van der Waals surface area contributed by atoms with E-state index in [-0.39, 0.29) is 80.5 Å². The minimum Gasteiger partial charge on any atom is -0.870 e. The summed E-state index contributed by atoms with van der Waals surface area (Å²) in [6, 6.07) is 8.17. The molecule has 3 aromatic rings. The van der Waals surface area contributed by atoms with Crippen LogP contribution in [0.4, 0.5) is 11.4 Å². The van der Waals surface area contributed by atoms with Crippen LogP contribution in [-0.4, -0.2) is 34.4 Å². The van der Waals surface area contributed by atoms with Crippen LogP contribution in [0.5, 0.6) is 5.75 Å². The molecule has 0 aromatic heterocycles. The Kier molecular flexibility index (Phi) is 9.81. The predicted octanol–water partition coefficient (Wildman–Crippen LogP) is -4.86. The average molecular weight is 531 g/mol. The van der Waals surface area contributed by atoms with Gasteiger partial charge in [-0.05, 0) is 47.9 Å². The number of azo groups is 1. The third kappa shape index (κ3) is 7.03. The van der Waals surface area contributed by atoms with Gasteiger partial charge in [0.2, 0.25) is 10.0 Å². The molecule has 0 spiro atoms. The summed E-state index contributed by atoms with van der Waals surface area (Å²) in [5, 5.41) is 24.7. The van der Waals surface area contributed by atoms with Crippen LogP contribution in [0.1, 0.15) is 0 Å². The van der Waals surface area contributed by atoms with Crippen molar-refractivity contribution in [2.45, 2.75) is 14.7 Å². The summed E-state index contributed by atoms with van der Waals surface area (Å²) in [6.07, 6.45) is 0. The topological polar surface area (TPSA) is 220 Å². The molecule has 33 heavy (non-hydrogen) atoms. The van der Waals surface area contributed by atoms with Crippen molar-refractivity contribution in [2.75, 3.05) is 0 Å². The fourth-order valence-electron chi connectivity index (χ4n) is 2.58. The molecule has 17 heteroatoms. The van der Waals surface area contributed by atoms with Crippen molar-refractivity contribution in [3.05, 3.63) is 48.5 Å². The van der Waals surface area contributed by atoms with Crippen molar-refractivity contribution in [2.24, 2.45) is 15.4 Å². The Morgan fingerprint density at radius 1 is 0.818 bits per heavy atom. The third-order valence-corrected chi connectivity index (χ3v) is 6.62. The van der Waals surface area contributed by atoms with Gasteiger partial charge in [0.1, 0.15) is 10.1 Å². The molecule has 0 aliphatic heterocycles. The molecule has 0 aliphatic carbocycles. The van der Waals surface area contributed by atoms with Gasteiger partial charge in [-0.2, -0.15) is 18.6 Å². The monoisotopic (exact) mass is 531 g/mol. The molecule has 3 rings (SSSR count). The minimum atomic E-state index is -5.02. The standard InChI is InChI=1S/C16H13N3O9S3.2Na/c17-29(21,22)11-3-1-10(2-4-11)18-19-15-13-6-5-12(30(23,24)25)7-9(13)8-14(16(15)20)31(26,27)28;;/h1-8,20H,(H2,17,21,22)(H,23,24,25)(H,26,27,28);;/q;2*+1/p-2. The number of sulfonamides is 1. The largest absolute Gasteiger partial charge is 1.00 e. The van der Waals surface area contributed by atoms with Gasteiger partial charge in [0.25, 0.3) is 10.1 Å². The SMILES string of the molecule is NS(=O)(=O)c1ccc(N=Nc2c([O-])c(S(=O)(=O)O)cc3cc(S(=O)(=O)[O-])ccc23)cc1.[Na+].[Na+]. The van der Waals surface area contributed by atoms with Crippen molar-refractivity contribution in [1.29, 1.82) is 0 Å². The van der Waals surface area contributed by atoms with Crippen molar-refractivity contribution < 1.29 is 98.6 Å². The van der Waals surface area contributed by atoms with E-state index in [2.05, 4.69) is 10.2 Å². The summed E-state index contributed by atoms with van der Waals surface area (Å²) in [5.41, 5.74) is -0.494. The Bertz CT molecular complexity index is 1560. The second-order valence-electron chi connectivity index (χ2n) is 6.10. The van der Waals surface area contributed by atoms with Gasteiger partial charge in [-0.25, -0.2) is 22.0 Å². The van der Waals surface area contributed by atoms with Crippen LogP contribution in [0.25, 0.3) is 10.8 Å². The first kappa shape index (κ1) is 30.1. The number of benzene rings is 3. The van der Waals surface area contributed by atoms with Crippen LogP contribution in [-0.2, 0) is 30.3 Å². The maximum Gasteiger partial charge on any atom is 1.00 e. The molecule has 0 radical (unpaired) electrons. The van der Waals surface area contributed by atoms with Crippen LogP contribution < -0.4 is 69.4 Å². The van der Waals surface area contributed by atoms with Crippen LogP contribution in [0.3, 0.4) is 0 Å². The number of rotatable bonds is 5. The normalized spacial score (nSPS) is 12.3. The maximum atomic E-state index is 12.5. The van der Waals surface area contributed by atoms with E-state index in [1.54, 1.807) is 0 Å². The molecule has 0 atom stereocenters. The summed E-state index contributed by atoms with van der Waals surface area (Å²) >= 11 is 0. The smallest absolute Gasteiger partial charge is 0.870 e. The first-order valence-corrected chi connectivity index (χ1v) is 12.3. The van der Waals surface area contributed by atoms with Gasteiger partial charge in [-0.3, -0.25) is 4.55 Å². The molecule has 0 saturated heterocycles. The fourth-order valence-corrected chi connectivity index (χ4v) is 4.21. The van der Waals surface area contributed by atoms with Gasteiger partial charge >= 0.3 is 59.1 Å². The average Bonchev–Trinajstić information content (AvgIpc) is 2.64. The van der Waals surface area contributed by atoms with E-state index in [4.69, 9.17) is 5.14 Å². The molecule has 0 aliphatic rings. The predicted molar refractivity (Wildman–Crippen MR) is 103 cm³/mol. The quantitative estimate of drug-likeness (QED) is 0.183. The molecule has 164 valence electrons. The second kappa shape index (κ2) is 10.8.